The van der Waals surface area contributed by atoms with Gasteiger partial charge in [0.2, 0.25) is 0 Å². The molecule has 0 radical (unpaired) electrons. The predicted octanol–water partition coefficient (Wildman–Crippen LogP) is 2.22. The summed E-state index contributed by atoms with van der Waals surface area (Å²) in [6.07, 6.45) is 4.96. The molecule has 0 spiro atoms. The second-order valence-electron chi connectivity index (χ2n) is 4.15. The van der Waals surface area contributed by atoms with E-state index in [4.69, 9.17) is 4.74 Å². The number of methoxy groups -OCH3 is 1. The summed E-state index contributed by atoms with van der Waals surface area (Å²) in [6, 6.07) is 6.47. The minimum Gasteiger partial charge on any atom is -0.375 e. The summed E-state index contributed by atoms with van der Waals surface area (Å²) in [5.41, 5.74) is 0.983. The molecule has 0 amide bonds. The smallest absolute Gasteiger partial charge is 0.123 e. The minimum atomic E-state index is -0.200. The molecule has 2 nitrogen and oxygen atoms in total. The van der Waals surface area contributed by atoms with E-state index in [1.807, 2.05) is 6.08 Å². The maximum absolute atomic E-state index is 12.7. The van der Waals surface area contributed by atoms with E-state index in [2.05, 4.69) is 11.4 Å². The third-order valence-electron chi connectivity index (χ3n) is 3.00. The molecule has 1 saturated heterocycles. The summed E-state index contributed by atoms with van der Waals surface area (Å²) in [6.45, 7) is 1.80. The van der Waals surface area contributed by atoms with Crippen LogP contribution in [0.15, 0.2) is 30.3 Å². The van der Waals surface area contributed by atoms with E-state index in [9.17, 15) is 4.39 Å². The highest BCUT2D eigenvalue weighted by molar-refractivity contribution is 5.49. The number of hydrogen-bond donors (Lipinski definition) is 1. The molecule has 1 aliphatic rings. The molecule has 0 aliphatic carbocycles. The van der Waals surface area contributed by atoms with Crippen molar-refractivity contribution in [3.8, 4) is 0 Å². The van der Waals surface area contributed by atoms with Gasteiger partial charge >= 0.3 is 0 Å². The van der Waals surface area contributed by atoms with E-state index in [0.29, 0.717) is 0 Å². The Balaban J connectivity index is 1.92. The molecular formula is C13H16FNO. The van der Waals surface area contributed by atoms with Crippen molar-refractivity contribution in [3.63, 3.8) is 0 Å². The predicted molar refractivity (Wildman–Crippen MR) is 62.7 cm³/mol. The molecule has 0 aromatic heterocycles. The Morgan fingerprint density at radius 1 is 1.38 bits per heavy atom. The Bertz CT molecular complexity index is 363. The van der Waals surface area contributed by atoms with Crippen LogP contribution in [0.2, 0.25) is 0 Å². The zero-order valence-electron chi connectivity index (χ0n) is 9.37. The lowest BCUT2D eigenvalue weighted by Crippen LogP contribution is -2.60. The molecule has 1 fully saturated rings. The van der Waals surface area contributed by atoms with Crippen LogP contribution >= 0.6 is 0 Å². The van der Waals surface area contributed by atoms with E-state index >= 15 is 0 Å². The molecule has 1 heterocycles. The Labute approximate surface area is 95.1 Å². The highest BCUT2D eigenvalue weighted by Crippen LogP contribution is 2.21. The third kappa shape index (κ3) is 2.49. The largest absolute Gasteiger partial charge is 0.375 e. The van der Waals surface area contributed by atoms with Crippen LogP contribution in [0.3, 0.4) is 0 Å². The van der Waals surface area contributed by atoms with Crippen LogP contribution in [-0.2, 0) is 4.74 Å². The van der Waals surface area contributed by atoms with E-state index in [1.165, 1.54) is 12.1 Å². The molecular weight excluding hydrogens is 205 g/mol. The van der Waals surface area contributed by atoms with Crippen LogP contribution in [0.25, 0.3) is 6.08 Å². The molecule has 0 unspecified atom stereocenters. The quantitative estimate of drug-likeness (QED) is 0.841. The van der Waals surface area contributed by atoms with Crippen molar-refractivity contribution < 1.29 is 9.13 Å². The Kier molecular flexibility index (Phi) is 3.36. The molecule has 1 aromatic carbocycles. The normalized spacial score (nSPS) is 18.6. The fourth-order valence-corrected chi connectivity index (χ4v) is 1.76. The highest BCUT2D eigenvalue weighted by atomic mass is 19.1. The van der Waals surface area contributed by atoms with E-state index in [1.54, 1.807) is 19.2 Å². The standard InChI is InChI=1S/C13H16FNO/c1-16-13(9-15-10-13)8-2-3-11-4-6-12(14)7-5-11/h2-7,15H,8-10H2,1H3/b3-2+. The van der Waals surface area contributed by atoms with Crippen molar-refractivity contribution in [2.75, 3.05) is 20.2 Å². The summed E-state index contributed by atoms with van der Waals surface area (Å²) in [7, 11) is 1.74. The van der Waals surface area contributed by atoms with E-state index < -0.39 is 0 Å². The number of benzene rings is 1. The zero-order chi connectivity index (χ0) is 11.4. The van der Waals surface area contributed by atoms with Crippen LogP contribution in [0.5, 0.6) is 0 Å². The summed E-state index contributed by atoms with van der Waals surface area (Å²) >= 11 is 0. The molecule has 1 aromatic rings. The lowest BCUT2D eigenvalue weighted by atomic mass is 9.92. The second kappa shape index (κ2) is 4.76. The van der Waals surface area contributed by atoms with Gasteiger partial charge in [0.05, 0.1) is 5.60 Å². The molecule has 3 heteroatoms. The number of hydrogen-bond acceptors (Lipinski definition) is 2. The molecule has 0 saturated carbocycles. The lowest BCUT2D eigenvalue weighted by molar-refractivity contribution is -0.0480. The fraction of sp³-hybridized carbons (Fsp3) is 0.385. The first kappa shape index (κ1) is 11.3. The second-order valence-corrected chi connectivity index (χ2v) is 4.15. The Morgan fingerprint density at radius 3 is 2.56 bits per heavy atom. The van der Waals surface area contributed by atoms with Crippen molar-refractivity contribution in [2.24, 2.45) is 0 Å². The molecule has 0 bridgehead atoms. The first-order valence-corrected chi connectivity index (χ1v) is 5.42. The van der Waals surface area contributed by atoms with Gasteiger partial charge in [-0.3, -0.25) is 0 Å². The third-order valence-corrected chi connectivity index (χ3v) is 3.00. The van der Waals surface area contributed by atoms with E-state index in [0.717, 1.165) is 25.1 Å². The SMILES string of the molecule is COC1(C/C=C/c2ccc(F)cc2)CNC1. The highest BCUT2D eigenvalue weighted by Gasteiger charge is 2.35. The number of nitrogens with one attached hydrogen (secondary N) is 1. The van der Waals surface area contributed by atoms with Crippen molar-refractivity contribution in [3.05, 3.63) is 41.7 Å². The van der Waals surface area contributed by atoms with Gasteiger partial charge in [-0.2, -0.15) is 0 Å². The number of rotatable bonds is 4. The molecule has 2 rings (SSSR count). The number of ether oxygens (including phenoxy) is 1. The molecule has 1 aliphatic heterocycles. The van der Waals surface area contributed by atoms with Gasteiger partial charge in [-0.1, -0.05) is 24.3 Å². The molecule has 86 valence electrons. The van der Waals surface area contributed by atoms with Crippen molar-refractivity contribution in [1.29, 1.82) is 0 Å². The van der Waals surface area contributed by atoms with Crippen molar-refractivity contribution in [2.45, 2.75) is 12.0 Å². The fourth-order valence-electron chi connectivity index (χ4n) is 1.76. The lowest BCUT2D eigenvalue weighted by Gasteiger charge is -2.40. The zero-order valence-corrected chi connectivity index (χ0v) is 9.37. The molecule has 16 heavy (non-hydrogen) atoms. The van der Waals surface area contributed by atoms with Gasteiger partial charge in [0.15, 0.2) is 0 Å². The van der Waals surface area contributed by atoms with Gasteiger partial charge < -0.3 is 10.1 Å². The average molecular weight is 221 g/mol. The molecule has 0 atom stereocenters. The first-order valence-electron chi connectivity index (χ1n) is 5.42. The van der Waals surface area contributed by atoms with Crippen LogP contribution in [-0.4, -0.2) is 25.8 Å². The first-order chi connectivity index (χ1) is 7.74. The van der Waals surface area contributed by atoms with Crippen LogP contribution in [0, 0.1) is 5.82 Å². The van der Waals surface area contributed by atoms with Gasteiger partial charge in [0.25, 0.3) is 0 Å². The van der Waals surface area contributed by atoms with Gasteiger partial charge in [0.1, 0.15) is 5.82 Å². The Hall–Kier alpha value is -1.19. The Morgan fingerprint density at radius 2 is 2.06 bits per heavy atom. The summed E-state index contributed by atoms with van der Waals surface area (Å²) in [5, 5.41) is 3.20. The summed E-state index contributed by atoms with van der Waals surface area (Å²) < 4.78 is 18.1. The number of halogens is 1. The summed E-state index contributed by atoms with van der Waals surface area (Å²) in [5.74, 6) is -0.200. The van der Waals surface area contributed by atoms with Crippen molar-refractivity contribution >= 4 is 6.08 Å². The van der Waals surface area contributed by atoms with Gasteiger partial charge in [-0.25, -0.2) is 4.39 Å². The minimum absolute atomic E-state index is 0.0312. The van der Waals surface area contributed by atoms with E-state index in [-0.39, 0.29) is 11.4 Å². The van der Waals surface area contributed by atoms with Crippen LogP contribution < -0.4 is 5.32 Å². The van der Waals surface area contributed by atoms with Gasteiger partial charge in [-0.05, 0) is 24.1 Å². The maximum atomic E-state index is 12.7. The topological polar surface area (TPSA) is 21.3 Å². The van der Waals surface area contributed by atoms with Crippen LogP contribution in [0.1, 0.15) is 12.0 Å². The van der Waals surface area contributed by atoms with Crippen molar-refractivity contribution in [1.82, 2.24) is 5.32 Å². The monoisotopic (exact) mass is 221 g/mol. The average Bonchev–Trinajstić information content (AvgIpc) is 2.25. The summed E-state index contributed by atoms with van der Waals surface area (Å²) in [4.78, 5) is 0. The molecule has 1 N–H and O–H groups in total. The van der Waals surface area contributed by atoms with Crippen LogP contribution in [0.4, 0.5) is 4.39 Å². The maximum Gasteiger partial charge on any atom is 0.123 e. The van der Waals surface area contributed by atoms with Gasteiger partial charge in [-0.15, -0.1) is 0 Å². The van der Waals surface area contributed by atoms with Gasteiger partial charge in [0, 0.05) is 20.2 Å².